The van der Waals surface area contributed by atoms with Crippen LogP contribution >= 0.6 is 23.2 Å². The zero-order valence-electron chi connectivity index (χ0n) is 8.93. The van der Waals surface area contributed by atoms with Crippen molar-refractivity contribution < 1.29 is 0 Å². The van der Waals surface area contributed by atoms with E-state index in [-0.39, 0.29) is 6.04 Å². The first-order chi connectivity index (χ1) is 7.04. The molecule has 0 amide bonds. The molecule has 1 rings (SSSR count). The van der Waals surface area contributed by atoms with Gasteiger partial charge < -0.3 is 11.1 Å². The van der Waals surface area contributed by atoms with Crippen molar-refractivity contribution in [2.45, 2.75) is 19.9 Å². The maximum Gasteiger partial charge on any atom is 0.0638 e. The number of hydrogen-bond acceptors (Lipinski definition) is 2. The SMILES string of the molecule is CC(C)C(CN)Nc1cc(Cl)ccc1Cl. The van der Waals surface area contributed by atoms with E-state index in [9.17, 15) is 0 Å². The summed E-state index contributed by atoms with van der Waals surface area (Å²) in [7, 11) is 0. The molecule has 0 aliphatic rings. The van der Waals surface area contributed by atoms with Crippen molar-refractivity contribution in [2.24, 2.45) is 11.7 Å². The normalized spacial score (nSPS) is 12.9. The van der Waals surface area contributed by atoms with E-state index in [0.717, 1.165) is 5.69 Å². The fraction of sp³-hybridized carbons (Fsp3) is 0.455. The number of nitrogens with two attached hydrogens (primary N) is 1. The third-order valence-corrected chi connectivity index (χ3v) is 2.89. The number of hydrogen-bond donors (Lipinski definition) is 2. The van der Waals surface area contributed by atoms with E-state index in [0.29, 0.717) is 22.5 Å². The average molecular weight is 247 g/mol. The van der Waals surface area contributed by atoms with Gasteiger partial charge in [-0.15, -0.1) is 0 Å². The average Bonchev–Trinajstić information content (AvgIpc) is 2.18. The Morgan fingerprint density at radius 2 is 2.00 bits per heavy atom. The highest BCUT2D eigenvalue weighted by Gasteiger charge is 2.12. The Bertz CT molecular complexity index is 326. The Morgan fingerprint density at radius 1 is 1.33 bits per heavy atom. The van der Waals surface area contributed by atoms with Crippen molar-refractivity contribution >= 4 is 28.9 Å². The van der Waals surface area contributed by atoms with Crippen molar-refractivity contribution in [2.75, 3.05) is 11.9 Å². The van der Waals surface area contributed by atoms with E-state index in [4.69, 9.17) is 28.9 Å². The minimum Gasteiger partial charge on any atom is -0.380 e. The smallest absolute Gasteiger partial charge is 0.0638 e. The molecular formula is C11H16Cl2N2. The Morgan fingerprint density at radius 3 is 2.53 bits per heavy atom. The number of benzene rings is 1. The molecule has 0 aliphatic heterocycles. The van der Waals surface area contributed by atoms with Gasteiger partial charge in [0.1, 0.15) is 0 Å². The quantitative estimate of drug-likeness (QED) is 0.855. The van der Waals surface area contributed by atoms with Crippen LogP contribution in [0.15, 0.2) is 18.2 Å². The maximum absolute atomic E-state index is 6.04. The largest absolute Gasteiger partial charge is 0.380 e. The monoisotopic (exact) mass is 246 g/mol. The van der Waals surface area contributed by atoms with E-state index in [2.05, 4.69) is 19.2 Å². The van der Waals surface area contributed by atoms with Crippen LogP contribution in [-0.4, -0.2) is 12.6 Å². The molecule has 1 aromatic rings. The number of rotatable bonds is 4. The number of halogens is 2. The minimum absolute atomic E-state index is 0.209. The van der Waals surface area contributed by atoms with Crippen LogP contribution in [0.5, 0.6) is 0 Å². The highest BCUT2D eigenvalue weighted by molar-refractivity contribution is 6.35. The zero-order chi connectivity index (χ0) is 11.4. The van der Waals surface area contributed by atoms with Gasteiger partial charge in [0, 0.05) is 17.6 Å². The molecule has 15 heavy (non-hydrogen) atoms. The van der Waals surface area contributed by atoms with Crippen LogP contribution in [0.2, 0.25) is 10.0 Å². The molecule has 0 spiro atoms. The van der Waals surface area contributed by atoms with Crippen LogP contribution in [0.3, 0.4) is 0 Å². The van der Waals surface area contributed by atoms with Crippen LogP contribution in [-0.2, 0) is 0 Å². The molecule has 84 valence electrons. The van der Waals surface area contributed by atoms with E-state index < -0.39 is 0 Å². The summed E-state index contributed by atoms with van der Waals surface area (Å²) in [4.78, 5) is 0. The summed E-state index contributed by atoms with van der Waals surface area (Å²) >= 11 is 11.9. The molecule has 0 heterocycles. The van der Waals surface area contributed by atoms with Gasteiger partial charge in [-0.25, -0.2) is 0 Å². The molecule has 0 aliphatic carbocycles. The summed E-state index contributed by atoms with van der Waals surface area (Å²) in [5, 5.41) is 4.63. The van der Waals surface area contributed by atoms with Gasteiger partial charge in [0.15, 0.2) is 0 Å². The Kier molecular flexibility index (Phi) is 4.71. The Hall–Kier alpha value is -0.440. The van der Waals surface area contributed by atoms with Gasteiger partial charge >= 0.3 is 0 Å². The second-order valence-corrected chi connectivity index (χ2v) is 4.70. The predicted octanol–water partition coefficient (Wildman–Crippen LogP) is 3.39. The molecule has 1 atom stereocenters. The van der Waals surface area contributed by atoms with Crippen molar-refractivity contribution in [3.05, 3.63) is 28.2 Å². The predicted molar refractivity (Wildman–Crippen MR) is 67.8 cm³/mol. The molecule has 0 saturated carbocycles. The lowest BCUT2D eigenvalue weighted by molar-refractivity contribution is 0.531. The van der Waals surface area contributed by atoms with E-state index in [1.54, 1.807) is 12.1 Å². The topological polar surface area (TPSA) is 38.0 Å². The third-order valence-electron chi connectivity index (χ3n) is 2.33. The molecule has 3 N–H and O–H groups in total. The van der Waals surface area contributed by atoms with Crippen LogP contribution in [0.4, 0.5) is 5.69 Å². The van der Waals surface area contributed by atoms with Gasteiger partial charge in [-0.3, -0.25) is 0 Å². The third kappa shape index (κ3) is 3.56. The summed E-state index contributed by atoms with van der Waals surface area (Å²) in [6.07, 6.45) is 0. The molecule has 1 unspecified atom stereocenters. The highest BCUT2D eigenvalue weighted by atomic mass is 35.5. The summed E-state index contributed by atoms with van der Waals surface area (Å²) in [5.74, 6) is 0.449. The maximum atomic E-state index is 6.04. The molecule has 1 aromatic carbocycles. The number of nitrogens with one attached hydrogen (secondary N) is 1. The summed E-state index contributed by atoms with van der Waals surface area (Å²) in [5.41, 5.74) is 6.51. The van der Waals surface area contributed by atoms with Crippen molar-refractivity contribution in [3.63, 3.8) is 0 Å². The lowest BCUT2D eigenvalue weighted by atomic mass is 10.0. The number of anilines is 1. The van der Waals surface area contributed by atoms with Gasteiger partial charge in [-0.2, -0.15) is 0 Å². The lowest BCUT2D eigenvalue weighted by Gasteiger charge is -2.22. The molecule has 0 fully saturated rings. The molecule has 2 nitrogen and oxygen atoms in total. The molecule has 0 saturated heterocycles. The fourth-order valence-electron chi connectivity index (χ4n) is 1.31. The molecule has 0 radical (unpaired) electrons. The van der Waals surface area contributed by atoms with E-state index in [1.165, 1.54) is 0 Å². The van der Waals surface area contributed by atoms with Crippen molar-refractivity contribution in [1.29, 1.82) is 0 Å². The first-order valence-corrected chi connectivity index (χ1v) is 5.72. The molecular weight excluding hydrogens is 231 g/mol. The standard InChI is InChI=1S/C11H16Cl2N2/c1-7(2)11(6-14)15-10-5-8(12)3-4-9(10)13/h3-5,7,11,15H,6,14H2,1-2H3. The van der Waals surface area contributed by atoms with Crippen LogP contribution < -0.4 is 11.1 Å². The summed E-state index contributed by atoms with van der Waals surface area (Å²) in [6, 6.07) is 5.57. The highest BCUT2D eigenvalue weighted by Crippen LogP contribution is 2.26. The lowest BCUT2D eigenvalue weighted by Crippen LogP contribution is -2.33. The van der Waals surface area contributed by atoms with Crippen molar-refractivity contribution in [1.82, 2.24) is 0 Å². The van der Waals surface area contributed by atoms with E-state index >= 15 is 0 Å². The van der Waals surface area contributed by atoms with Gasteiger partial charge in [0.05, 0.1) is 10.7 Å². The zero-order valence-corrected chi connectivity index (χ0v) is 10.4. The summed E-state index contributed by atoms with van der Waals surface area (Å²) in [6.45, 7) is 4.80. The second-order valence-electron chi connectivity index (χ2n) is 3.85. The molecule has 0 aromatic heterocycles. The molecule has 0 bridgehead atoms. The van der Waals surface area contributed by atoms with Gasteiger partial charge in [0.25, 0.3) is 0 Å². The Balaban J connectivity index is 2.82. The summed E-state index contributed by atoms with van der Waals surface area (Å²) < 4.78 is 0. The van der Waals surface area contributed by atoms with Gasteiger partial charge in [-0.05, 0) is 24.1 Å². The van der Waals surface area contributed by atoms with Crippen LogP contribution in [0.1, 0.15) is 13.8 Å². The Labute approximate surface area is 101 Å². The fourth-order valence-corrected chi connectivity index (χ4v) is 1.65. The molecule has 4 heteroatoms. The first-order valence-electron chi connectivity index (χ1n) is 4.96. The second kappa shape index (κ2) is 5.59. The first kappa shape index (κ1) is 12.6. The van der Waals surface area contributed by atoms with Crippen LogP contribution in [0, 0.1) is 5.92 Å². The minimum atomic E-state index is 0.209. The van der Waals surface area contributed by atoms with Crippen molar-refractivity contribution in [3.8, 4) is 0 Å². The van der Waals surface area contributed by atoms with Gasteiger partial charge in [-0.1, -0.05) is 37.0 Å². The van der Waals surface area contributed by atoms with Crippen LogP contribution in [0.25, 0.3) is 0 Å². The van der Waals surface area contributed by atoms with E-state index in [1.807, 2.05) is 6.07 Å². The van der Waals surface area contributed by atoms with Gasteiger partial charge in [0.2, 0.25) is 0 Å².